The molecule has 0 aromatic carbocycles. The van der Waals surface area contributed by atoms with Crippen molar-refractivity contribution >= 4 is 11.9 Å². The van der Waals surface area contributed by atoms with Gasteiger partial charge in [-0.25, -0.2) is 9.36 Å². The van der Waals surface area contributed by atoms with Gasteiger partial charge in [0.05, 0.1) is 25.5 Å². The van der Waals surface area contributed by atoms with Crippen LogP contribution in [0.1, 0.15) is 21.7 Å². The Balaban J connectivity index is 1.72. The molecule has 11 heteroatoms. The number of carbonyl (C=O) groups excluding carboxylic acids is 1. The highest BCUT2D eigenvalue weighted by molar-refractivity contribution is 5.87. The first kappa shape index (κ1) is 17.9. The highest BCUT2D eigenvalue weighted by atomic mass is 16.6. The summed E-state index contributed by atoms with van der Waals surface area (Å²) in [6, 6.07) is 1.59. The molecule has 0 unspecified atom stereocenters. The van der Waals surface area contributed by atoms with Crippen LogP contribution in [0.4, 0.5) is 5.95 Å². The molecule has 26 heavy (non-hydrogen) atoms. The second-order valence-corrected chi connectivity index (χ2v) is 5.62. The van der Waals surface area contributed by atoms with Gasteiger partial charge >= 0.3 is 11.9 Å². The van der Waals surface area contributed by atoms with Crippen LogP contribution in [0.3, 0.4) is 0 Å². The van der Waals surface area contributed by atoms with Gasteiger partial charge in [0.1, 0.15) is 18.9 Å². The van der Waals surface area contributed by atoms with E-state index in [0.29, 0.717) is 19.6 Å². The lowest BCUT2D eigenvalue weighted by Crippen LogP contribution is -2.29. The van der Waals surface area contributed by atoms with Crippen LogP contribution < -0.4 is 0 Å². The number of nitro groups is 1. The first-order valence-corrected chi connectivity index (χ1v) is 7.87. The molecule has 3 heterocycles. The number of rotatable bonds is 7. The van der Waals surface area contributed by atoms with E-state index in [4.69, 9.17) is 14.2 Å². The third-order valence-corrected chi connectivity index (χ3v) is 3.79. The standard InChI is InChI=1S/C15H17N5O6/c1-24-9-11(7-19-4-3-16-15(19)20(22)23)26-14(21)13-6-10-8-25-5-2-12(10)17-18-13/h3-4,6,11H,2,5,7-9H2,1H3/t11-/m0/s1. The van der Waals surface area contributed by atoms with Gasteiger partial charge in [0.2, 0.25) is 0 Å². The number of methoxy groups -OCH3 is 1. The topological polar surface area (TPSA) is 132 Å². The van der Waals surface area contributed by atoms with E-state index < -0.39 is 17.0 Å². The molecule has 0 amide bonds. The minimum absolute atomic E-state index is 0.0252. The number of esters is 1. The number of hydrogen-bond donors (Lipinski definition) is 0. The maximum atomic E-state index is 12.4. The Morgan fingerprint density at radius 1 is 1.50 bits per heavy atom. The van der Waals surface area contributed by atoms with Gasteiger partial charge in [-0.15, -0.1) is 5.10 Å². The molecule has 0 N–H and O–H groups in total. The SMILES string of the molecule is COC[C@H](Cn1ccnc1[N+](=O)[O-])OC(=O)c1cc2c(nn1)CCOC2. The lowest BCUT2D eigenvalue weighted by Gasteiger charge is -2.17. The molecule has 3 rings (SSSR count). The van der Waals surface area contributed by atoms with Crippen LogP contribution in [0.15, 0.2) is 18.5 Å². The van der Waals surface area contributed by atoms with Crippen LogP contribution in [0.2, 0.25) is 0 Å². The van der Waals surface area contributed by atoms with Gasteiger partial charge in [0.15, 0.2) is 11.8 Å². The van der Waals surface area contributed by atoms with E-state index >= 15 is 0 Å². The zero-order chi connectivity index (χ0) is 18.5. The van der Waals surface area contributed by atoms with Crippen LogP contribution in [0.25, 0.3) is 0 Å². The van der Waals surface area contributed by atoms with Gasteiger partial charge in [-0.3, -0.25) is 0 Å². The number of aromatic nitrogens is 4. The van der Waals surface area contributed by atoms with Crippen LogP contribution >= 0.6 is 0 Å². The number of nitrogens with zero attached hydrogens (tertiary/aromatic N) is 5. The summed E-state index contributed by atoms with van der Waals surface area (Å²) in [7, 11) is 1.44. The number of hydrogen-bond acceptors (Lipinski definition) is 9. The molecule has 1 aliphatic heterocycles. The summed E-state index contributed by atoms with van der Waals surface area (Å²) in [4.78, 5) is 26.4. The molecule has 138 valence electrons. The van der Waals surface area contributed by atoms with Crippen molar-refractivity contribution in [2.75, 3.05) is 20.3 Å². The Morgan fingerprint density at radius 3 is 3.12 bits per heavy atom. The molecule has 0 fully saturated rings. The van der Waals surface area contributed by atoms with Crippen LogP contribution in [-0.2, 0) is 33.8 Å². The monoisotopic (exact) mass is 363 g/mol. The highest BCUT2D eigenvalue weighted by Crippen LogP contribution is 2.16. The van der Waals surface area contributed by atoms with Crippen molar-refractivity contribution in [2.45, 2.75) is 25.7 Å². The van der Waals surface area contributed by atoms with Crippen molar-refractivity contribution in [1.82, 2.24) is 19.7 Å². The first-order valence-electron chi connectivity index (χ1n) is 7.87. The second-order valence-electron chi connectivity index (χ2n) is 5.62. The molecular formula is C15H17N5O6. The average molecular weight is 363 g/mol. The fraction of sp³-hybridized carbons (Fsp3) is 0.467. The fourth-order valence-electron chi connectivity index (χ4n) is 2.60. The summed E-state index contributed by atoms with van der Waals surface area (Å²) in [5.74, 6) is -1.02. The third-order valence-electron chi connectivity index (χ3n) is 3.79. The summed E-state index contributed by atoms with van der Waals surface area (Å²) in [5, 5.41) is 18.9. The average Bonchev–Trinajstić information content (AvgIpc) is 3.10. The van der Waals surface area contributed by atoms with Gasteiger partial charge in [0, 0.05) is 19.1 Å². The molecule has 0 bridgehead atoms. The molecule has 0 radical (unpaired) electrons. The normalized spacial score (nSPS) is 14.5. The summed E-state index contributed by atoms with van der Waals surface area (Å²) < 4.78 is 17.1. The highest BCUT2D eigenvalue weighted by Gasteiger charge is 2.24. The molecule has 0 aliphatic carbocycles. The minimum atomic E-state index is -0.755. The van der Waals surface area contributed by atoms with E-state index in [1.807, 2.05) is 0 Å². The molecule has 1 aliphatic rings. The number of ether oxygens (including phenoxy) is 3. The van der Waals surface area contributed by atoms with Gasteiger partial charge in [-0.2, -0.15) is 5.10 Å². The van der Waals surface area contributed by atoms with Crippen molar-refractivity contribution in [3.05, 3.63) is 45.5 Å². The maximum Gasteiger partial charge on any atom is 0.434 e. The Labute approximate surface area is 148 Å². The van der Waals surface area contributed by atoms with E-state index in [1.165, 1.54) is 24.1 Å². The Morgan fingerprint density at radius 2 is 2.35 bits per heavy atom. The predicted molar refractivity (Wildman–Crippen MR) is 85.4 cm³/mol. The summed E-state index contributed by atoms with van der Waals surface area (Å²) in [5.41, 5.74) is 1.65. The molecule has 0 spiro atoms. The van der Waals surface area contributed by atoms with Gasteiger partial charge < -0.3 is 24.3 Å². The van der Waals surface area contributed by atoms with Gasteiger partial charge in [0.25, 0.3) is 0 Å². The Hall–Kier alpha value is -2.92. The van der Waals surface area contributed by atoms with Crippen LogP contribution in [0, 0.1) is 10.1 Å². The van der Waals surface area contributed by atoms with E-state index in [-0.39, 0.29) is 24.8 Å². The van der Waals surface area contributed by atoms with Crippen LogP contribution in [-0.4, -0.2) is 57.1 Å². The zero-order valence-electron chi connectivity index (χ0n) is 14.0. The minimum Gasteiger partial charge on any atom is -0.452 e. The summed E-state index contributed by atoms with van der Waals surface area (Å²) in [6.07, 6.45) is 2.63. The second kappa shape index (κ2) is 7.97. The van der Waals surface area contributed by atoms with Crippen molar-refractivity contribution in [1.29, 1.82) is 0 Å². The summed E-state index contributed by atoms with van der Waals surface area (Å²) in [6.45, 7) is 1.03. The third kappa shape index (κ3) is 4.00. The van der Waals surface area contributed by atoms with Crippen molar-refractivity contribution < 1.29 is 23.9 Å². The molecule has 0 saturated heterocycles. The molecular weight excluding hydrogens is 346 g/mol. The molecule has 0 saturated carbocycles. The van der Waals surface area contributed by atoms with Crippen molar-refractivity contribution in [2.24, 2.45) is 0 Å². The Kier molecular flexibility index (Phi) is 5.49. The van der Waals surface area contributed by atoms with E-state index in [0.717, 1.165) is 11.3 Å². The van der Waals surface area contributed by atoms with Gasteiger partial charge in [-0.1, -0.05) is 4.98 Å². The number of fused-ring (bicyclic) bond motifs is 1. The molecule has 11 nitrogen and oxygen atoms in total. The largest absolute Gasteiger partial charge is 0.452 e. The predicted octanol–water partition coefficient (Wildman–Crippen LogP) is 0.526. The van der Waals surface area contributed by atoms with Gasteiger partial charge in [-0.05, 0) is 11.0 Å². The van der Waals surface area contributed by atoms with Crippen LogP contribution in [0.5, 0.6) is 0 Å². The maximum absolute atomic E-state index is 12.4. The number of carbonyl (C=O) groups is 1. The lowest BCUT2D eigenvalue weighted by molar-refractivity contribution is -0.397. The smallest absolute Gasteiger partial charge is 0.434 e. The van der Waals surface area contributed by atoms with Crippen molar-refractivity contribution in [3.63, 3.8) is 0 Å². The van der Waals surface area contributed by atoms with E-state index in [1.54, 1.807) is 6.07 Å². The molecule has 1 atom stereocenters. The molecule has 2 aromatic rings. The Bertz CT molecular complexity index is 808. The van der Waals surface area contributed by atoms with E-state index in [9.17, 15) is 14.9 Å². The quantitative estimate of drug-likeness (QED) is 0.392. The summed E-state index contributed by atoms with van der Waals surface area (Å²) >= 11 is 0. The number of imidazole rings is 1. The van der Waals surface area contributed by atoms with E-state index in [2.05, 4.69) is 15.2 Å². The molecule has 2 aromatic heterocycles. The fourth-order valence-corrected chi connectivity index (χ4v) is 2.60. The first-order chi connectivity index (χ1) is 12.6. The zero-order valence-corrected chi connectivity index (χ0v) is 14.0. The van der Waals surface area contributed by atoms with Crippen molar-refractivity contribution in [3.8, 4) is 0 Å². The lowest BCUT2D eigenvalue weighted by atomic mass is 10.1.